The predicted octanol–water partition coefficient (Wildman–Crippen LogP) is 4.96. The monoisotopic (exact) mass is 290 g/mol. The lowest BCUT2D eigenvalue weighted by Crippen LogP contribution is -2.16. The summed E-state index contributed by atoms with van der Waals surface area (Å²) in [4.78, 5) is 0. The molecular weight excluding hydrogens is 268 g/mol. The molecule has 0 fully saturated rings. The van der Waals surface area contributed by atoms with Gasteiger partial charge in [-0.1, -0.05) is 55.6 Å². The van der Waals surface area contributed by atoms with Gasteiger partial charge in [0.15, 0.2) is 0 Å². The van der Waals surface area contributed by atoms with Crippen LogP contribution in [0.3, 0.4) is 0 Å². The van der Waals surface area contributed by atoms with E-state index in [0.717, 1.165) is 18.4 Å². The third kappa shape index (κ3) is 5.50. The average molecular weight is 290 g/mol. The van der Waals surface area contributed by atoms with Gasteiger partial charge in [0.25, 0.3) is 0 Å². The molecule has 0 aromatic heterocycles. The predicted molar refractivity (Wildman–Crippen MR) is 94.5 cm³/mol. The van der Waals surface area contributed by atoms with E-state index in [9.17, 15) is 0 Å². The summed E-state index contributed by atoms with van der Waals surface area (Å²) in [5.74, 6) is 9.80. The van der Waals surface area contributed by atoms with Gasteiger partial charge in [0.05, 0.1) is 0 Å². The fourth-order valence-electron chi connectivity index (χ4n) is 2.16. The Bertz CT molecular complexity index is 662. The zero-order valence-electron chi connectivity index (χ0n) is 13.2. The lowest BCUT2D eigenvalue weighted by atomic mass is 10.1. The van der Waals surface area contributed by atoms with Gasteiger partial charge in [0.2, 0.25) is 0 Å². The SMILES string of the molecule is C[Si](C)(C)C#C/C=C\C1=C(C#Cc2ccccc2)CCC1. The summed E-state index contributed by atoms with van der Waals surface area (Å²) < 4.78 is 0. The van der Waals surface area contributed by atoms with E-state index in [0.29, 0.717) is 0 Å². The topological polar surface area (TPSA) is 0 Å². The average Bonchev–Trinajstić information content (AvgIpc) is 2.89. The van der Waals surface area contributed by atoms with Crippen molar-refractivity contribution in [1.82, 2.24) is 0 Å². The second kappa shape index (κ2) is 7.16. The molecule has 21 heavy (non-hydrogen) atoms. The molecule has 0 radical (unpaired) electrons. The molecule has 0 unspecified atom stereocenters. The Hall–Kier alpha value is -1.96. The summed E-state index contributed by atoms with van der Waals surface area (Å²) in [6.45, 7) is 6.79. The molecule has 0 spiro atoms. The van der Waals surface area contributed by atoms with Crippen LogP contribution in [0, 0.1) is 23.3 Å². The van der Waals surface area contributed by atoms with Gasteiger partial charge in [-0.2, -0.15) is 0 Å². The van der Waals surface area contributed by atoms with Crippen LogP contribution in [0.4, 0.5) is 0 Å². The summed E-state index contributed by atoms with van der Waals surface area (Å²) in [5, 5.41) is 0. The zero-order chi connectivity index (χ0) is 15.1. The Kier molecular flexibility index (Phi) is 5.26. The summed E-state index contributed by atoms with van der Waals surface area (Å²) in [6.07, 6.45) is 7.60. The standard InChI is InChI=1S/C20H22Si/c1-21(2,3)17-8-7-12-19-13-9-14-20(19)16-15-18-10-5-4-6-11-18/h4-7,10-12H,9,13-14H2,1-3H3/b12-7-. The highest BCUT2D eigenvalue weighted by Crippen LogP contribution is 2.26. The molecule has 1 aliphatic rings. The Labute approximate surface area is 130 Å². The van der Waals surface area contributed by atoms with Crippen molar-refractivity contribution in [2.45, 2.75) is 38.9 Å². The molecule has 1 aromatic rings. The number of hydrogen-bond donors (Lipinski definition) is 0. The third-order valence-corrected chi connectivity index (χ3v) is 4.10. The van der Waals surface area contributed by atoms with Crippen molar-refractivity contribution in [2.75, 3.05) is 0 Å². The van der Waals surface area contributed by atoms with Crippen LogP contribution in [-0.2, 0) is 0 Å². The maximum Gasteiger partial charge on any atom is 0.129 e. The van der Waals surface area contributed by atoms with E-state index in [1.165, 1.54) is 17.6 Å². The third-order valence-electron chi connectivity index (χ3n) is 3.21. The second-order valence-corrected chi connectivity index (χ2v) is 11.1. The minimum atomic E-state index is -1.27. The first-order chi connectivity index (χ1) is 10.0. The van der Waals surface area contributed by atoms with Crippen molar-refractivity contribution in [1.29, 1.82) is 0 Å². The molecule has 0 saturated carbocycles. The van der Waals surface area contributed by atoms with Crippen molar-refractivity contribution >= 4 is 8.07 Å². The highest BCUT2D eigenvalue weighted by atomic mass is 28.3. The van der Waals surface area contributed by atoms with Crippen molar-refractivity contribution in [3.05, 3.63) is 59.2 Å². The van der Waals surface area contributed by atoms with Gasteiger partial charge in [-0.3, -0.25) is 0 Å². The number of allylic oxidation sites excluding steroid dienone is 4. The van der Waals surface area contributed by atoms with Gasteiger partial charge < -0.3 is 0 Å². The molecule has 1 aliphatic carbocycles. The smallest absolute Gasteiger partial charge is 0.127 e. The first kappa shape index (κ1) is 15.4. The van der Waals surface area contributed by atoms with E-state index in [2.05, 4.69) is 61.2 Å². The van der Waals surface area contributed by atoms with E-state index < -0.39 is 8.07 Å². The highest BCUT2D eigenvalue weighted by molar-refractivity contribution is 6.83. The second-order valence-electron chi connectivity index (χ2n) is 6.33. The van der Waals surface area contributed by atoms with Crippen LogP contribution in [0.1, 0.15) is 24.8 Å². The highest BCUT2D eigenvalue weighted by Gasteiger charge is 2.10. The van der Waals surface area contributed by atoms with E-state index in [4.69, 9.17) is 0 Å². The molecule has 1 aromatic carbocycles. The van der Waals surface area contributed by atoms with Crippen molar-refractivity contribution in [2.24, 2.45) is 0 Å². The maximum absolute atomic E-state index is 3.36. The normalized spacial score (nSPS) is 14.6. The molecule has 0 nitrogen and oxygen atoms in total. The molecule has 0 N–H and O–H groups in total. The fourth-order valence-corrected chi connectivity index (χ4v) is 2.68. The van der Waals surface area contributed by atoms with E-state index >= 15 is 0 Å². The molecule has 0 atom stereocenters. The maximum atomic E-state index is 3.36. The van der Waals surface area contributed by atoms with E-state index in [1.54, 1.807) is 0 Å². The molecule has 0 bridgehead atoms. The molecule has 2 rings (SSSR count). The summed E-state index contributed by atoms with van der Waals surface area (Å²) in [5.41, 5.74) is 7.09. The van der Waals surface area contributed by atoms with Gasteiger partial charge in [-0.05, 0) is 49.1 Å². The quantitative estimate of drug-likeness (QED) is 0.507. The Morgan fingerprint density at radius 3 is 2.48 bits per heavy atom. The largest absolute Gasteiger partial charge is 0.129 e. The van der Waals surface area contributed by atoms with Crippen molar-refractivity contribution in [3.63, 3.8) is 0 Å². The summed E-state index contributed by atoms with van der Waals surface area (Å²) >= 11 is 0. The molecule has 106 valence electrons. The fraction of sp³-hybridized carbons (Fsp3) is 0.300. The first-order valence-electron chi connectivity index (χ1n) is 7.53. The molecule has 1 heteroatoms. The summed E-state index contributed by atoms with van der Waals surface area (Å²) in [7, 11) is -1.27. The van der Waals surface area contributed by atoms with Crippen LogP contribution in [0.25, 0.3) is 0 Å². The van der Waals surface area contributed by atoms with Gasteiger partial charge in [-0.25, -0.2) is 0 Å². The van der Waals surface area contributed by atoms with Crippen molar-refractivity contribution < 1.29 is 0 Å². The number of hydrogen-bond acceptors (Lipinski definition) is 0. The van der Waals surface area contributed by atoms with Gasteiger partial charge in [-0.15, -0.1) is 5.54 Å². The van der Waals surface area contributed by atoms with Gasteiger partial charge in [0, 0.05) is 11.1 Å². The van der Waals surface area contributed by atoms with Crippen LogP contribution in [-0.4, -0.2) is 8.07 Å². The molecule has 0 saturated heterocycles. The zero-order valence-corrected chi connectivity index (χ0v) is 14.2. The lowest BCUT2D eigenvalue weighted by Gasteiger charge is -2.02. The Balaban J connectivity index is 2.12. The van der Waals surface area contributed by atoms with Crippen LogP contribution in [0.15, 0.2) is 53.6 Å². The minimum absolute atomic E-state index is 1.08. The molecular formula is C20H22Si. The van der Waals surface area contributed by atoms with E-state index in [1.807, 2.05) is 24.3 Å². The number of rotatable bonds is 1. The summed E-state index contributed by atoms with van der Waals surface area (Å²) in [6, 6.07) is 10.2. The van der Waals surface area contributed by atoms with Gasteiger partial charge >= 0.3 is 0 Å². The van der Waals surface area contributed by atoms with E-state index in [-0.39, 0.29) is 0 Å². The molecule has 0 heterocycles. The van der Waals surface area contributed by atoms with Crippen LogP contribution in [0.2, 0.25) is 19.6 Å². The molecule has 0 amide bonds. The minimum Gasteiger partial charge on any atom is -0.127 e. The molecule has 0 aliphatic heterocycles. The van der Waals surface area contributed by atoms with Crippen LogP contribution in [0.5, 0.6) is 0 Å². The lowest BCUT2D eigenvalue weighted by molar-refractivity contribution is 0.908. The Morgan fingerprint density at radius 1 is 1.00 bits per heavy atom. The number of benzene rings is 1. The van der Waals surface area contributed by atoms with Crippen LogP contribution >= 0.6 is 0 Å². The Morgan fingerprint density at radius 2 is 1.76 bits per heavy atom. The van der Waals surface area contributed by atoms with Crippen LogP contribution < -0.4 is 0 Å². The van der Waals surface area contributed by atoms with Gasteiger partial charge in [0.1, 0.15) is 8.07 Å². The van der Waals surface area contributed by atoms with Crippen molar-refractivity contribution in [3.8, 4) is 23.3 Å². The first-order valence-corrected chi connectivity index (χ1v) is 11.0.